The Morgan fingerprint density at radius 2 is 1.59 bits per heavy atom. The molecule has 1 heterocycles. The molecule has 0 aromatic heterocycles. The molecule has 1 aliphatic heterocycles. The van der Waals surface area contributed by atoms with Crippen molar-refractivity contribution in [1.29, 1.82) is 0 Å². The van der Waals surface area contributed by atoms with Gasteiger partial charge in [0.05, 0.1) is 20.8 Å². The van der Waals surface area contributed by atoms with Gasteiger partial charge in [0.1, 0.15) is 0 Å². The molecular formula is C21H37N3O3. The molecule has 1 saturated heterocycles. The van der Waals surface area contributed by atoms with Crippen molar-refractivity contribution in [2.45, 2.75) is 33.2 Å². The highest BCUT2D eigenvalue weighted by Gasteiger charge is 2.19. The second kappa shape index (κ2) is 11.4. The third kappa shape index (κ3) is 6.87. The van der Waals surface area contributed by atoms with E-state index in [0.29, 0.717) is 18.3 Å². The zero-order chi connectivity index (χ0) is 19.6. The third-order valence-electron chi connectivity index (χ3n) is 5.01. The van der Waals surface area contributed by atoms with Crippen molar-refractivity contribution < 1.29 is 14.2 Å². The first-order valence-corrected chi connectivity index (χ1v) is 10.1. The summed E-state index contributed by atoms with van der Waals surface area (Å²) in [6, 6.07) is 4.15. The van der Waals surface area contributed by atoms with Gasteiger partial charge in [-0.2, -0.15) is 0 Å². The fourth-order valence-electron chi connectivity index (χ4n) is 3.31. The molecule has 0 saturated carbocycles. The number of methoxy groups -OCH3 is 2. The Balaban J connectivity index is 1.99. The summed E-state index contributed by atoms with van der Waals surface area (Å²) < 4.78 is 17.2. The van der Waals surface area contributed by atoms with Gasteiger partial charge in [0.2, 0.25) is 5.75 Å². The van der Waals surface area contributed by atoms with E-state index in [1.165, 1.54) is 5.56 Å². The molecule has 0 radical (unpaired) electrons. The number of ether oxygens (including phenoxy) is 3. The maximum Gasteiger partial charge on any atom is 0.203 e. The summed E-state index contributed by atoms with van der Waals surface area (Å²) in [4.78, 5) is 4.97. The van der Waals surface area contributed by atoms with Gasteiger partial charge in [-0.15, -0.1) is 0 Å². The van der Waals surface area contributed by atoms with E-state index in [4.69, 9.17) is 19.9 Å². The minimum absolute atomic E-state index is 0.602. The lowest BCUT2D eigenvalue weighted by Crippen LogP contribution is -2.46. The molecule has 1 fully saturated rings. The van der Waals surface area contributed by atoms with Crippen LogP contribution in [-0.2, 0) is 6.54 Å². The van der Waals surface area contributed by atoms with Crippen LogP contribution in [0.1, 0.15) is 32.3 Å². The number of hydrogen-bond donors (Lipinski definition) is 1. The van der Waals surface area contributed by atoms with Crippen molar-refractivity contribution in [1.82, 2.24) is 9.80 Å². The van der Waals surface area contributed by atoms with Crippen LogP contribution in [0.2, 0.25) is 0 Å². The molecule has 2 rings (SSSR count). The van der Waals surface area contributed by atoms with Crippen molar-refractivity contribution in [3.05, 3.63) is 17.7 Å². The summed E-state index contributed by atoms with van der Waals surface area (Å²) in [5.74, 6) is 2.80. The van der Waals surface area contributed by atoms with Crippen molar-refractivity contribution >= 4 is 0 Å². The number of nitrogens with two attached hydrogens (primary N) is 1. The van der Waals surface area contributed by atoms with Crippen LogP contribution in [0.5, 0.6) is 17.2 Å². The summed E-state index contributed by atoms with van der Waals surface area (Å²) in [5.41, 5.74) is 6.81. The Morgan fingerprint density at radius 1 is 1.00 bits per heavy atom. The zero-order valence-electron chi connectivity index (χ0n) is 17.5. The quantitative estimate of drug-likeness (QED) is 0.638. The second-order valence-electron chi connectivity index (χ2n) is 7.62. The Hall–Kier alpha value is -1.50. The minimum atomic E-state index is 0.602. The molecule has 0 atom stereocenters. The van der Waals surface area contributed by atoms with Crippen LogP contribution < -0.4 is 19.9 Å². The predicted octanol–water partition coefficient (Wildman–Crippen LogP) is 2.60. The molecule has 27 heavy (non-hydrogen) atoms. The summed E-state index contributed by atoms with van der Waals surface area (Å²) in [5, 5.41) is 0. The van der Waals surface area contributed by atoms with Crippen molar-refractivity contribution in [3.8, 4) is 17.2 Å². The van der Waals surface area contributed by atoms with Crippen LogP contribution in [0.25, 0.3) is 0 Å². The van der Waals surface area contributed by atoms with E-state index in [1.54, 1.807) is 14.2 Å². The zero-order valence-corrected chi connectivity index (χ0v) is 17.5. The molecule has 1 aliphatic rings. The van der Waals surface area contributed by atoms with Crippen molar-refractivity contribution in [2.24, 2.45) is 11.7 Å². The van der Waals surface area contributed by atoms with Gasteiger partial charge in [0.25, 0.3) is 0 Å². The summed E-state index contributed by atoms with van der Waals surface area (Å²) in [6.45, 7) is 12.2. The number of piperazine rings is 1. The Morgan fingerprint density at radius 3 is 2.11 bits per heavy atom. The highest BCUT2D eigenvalue weighted by Crippen LogP contribution is 2.39. The lowest BCUT2D eigenvalue weighted by molar-refractivity contribution is 0.126. The van der Waals surface area contributed by atoms with E-state index in [0.717, 1.165) is 70.2 Å². The standard InChI is InChI=1S/C21H37N3O3/c1-17(2)6-13-27-21-19(25-3)14-18(15-20(21)26-4)16-24-11-9-23(10-12-24)8-5-7-22/h14-15,17H,5-13,16,22H2,1-4H3. The largest absolute Gasteiger partial charge is 0.493 e. The first-order chi connectivity index (χ1) is 13.1. The average molecular weight is 380 g/mol. The van der Waals surface area contributed by atoms with Gasteiger partial charge in [-0.25, -0.2) is 0 Å². The van der Waals surface area contributed by atoms with Gasteiger partial charge in [0, 0.05) is 32.7 Å². The SMILES string of the molecule is COc1cc(CN2CCN(CCCN)CC2)cc(OC)c1OCCC(C)C. The second-order valence-corrected chi connectivity index (χ2v) is 7.62. The molecular weight excluding hydrogens is 342 g/mol. The molecule has 0 amide bonds. The van der Waals surface area contributed by atoms with E-state index in [9.17, 15) is 0 Å². The lowest BCUT2D eigenvalue weighted by atomic mass is 10.1. The summed E-state index contributed by atoms with van der Waals surface area (Å²) in [6.07, 6.45) is 2.08. The topological polar surface area (TPSA) is 60.2 Å². The number of benzene rings is 1. The van der Waals surface area contributed by atoms with E-state index in [-0.39, 0.29) is 0 Å². The molecule has 154 valence electrons. The fourth-order valence-corrected chi connectivity index (χ4v) is 3.31. The van der Waals surface area contributed by atoms with Gasteiger partial charge < -0.3 is 24.8 Å². The number of nitrogens with zero attached hydrogens (tertiary/aromatic N) is 2. The van der Waals surface area contributed by atoms with E-state index < -0.39 is 0 Å². The monoisotopic (exact) mass is 379 g/mol. The molecule has 0 aliphatic carbocycles. The van der Waals surface area contributed by atoms with Crippen LogP contribution in [-0.4, -0.2) is 69.9 Å². The minimum Gasteiger partial charge on any atom is -0.493 e. The van der Waals surface area contributed by atoms with Crippen molar-refractivity contribution in [2.75, 3.05) is 60.1 Å². The first kappa shape index (κ1) is 21.8. The van der Waals surface area contributed by atoms with Gasteiger partial charge in [-0.05, 0) is 49.5 Å². The molecule has 0 unspecified atom stereocenters. The lowest BCUT2D eigenvalue weighted by Gasteiger charge is -2.34. The maximum atomic E-state index is 5.98. The van der Waals surface area contributed by atoms with E-state index >= 15 is 0 Å². The molecule has 6 heteroatoms. The van der Waals surface area contributed by atoms with Crippen LogP contribution in [0.4, 0.5) is 0 Å². The first-order valence-electron chi connectivity index (χ1n) is 10.1. The molecule has 1 aromatic carbocycles. The highest BCUT2D eigenvalue weighted by molar-refractivity contribution is 5.53. The molecule has 1 aromatic rings. The Kier molecular flexibility index (Phi) is 9.18. The smallest absolute Gasteiger partial charge is 0.203 e. The molecule has 0 spiro atoms. The van der Waals surface area contributed by atoms with Gasteiger partial charge >= 0.3 is 0 Å². The predicted molar refractivity (Wildman–Crippen MR) is 110 cm³/mol. The Bertz CT molecular complexity index is 533. The Labute approximate surface area is 164 Å². The highest BCUT2D eigenvalue weighted by atomic mass is 16.5. The molecule has 6 nitrogen and oxygen atoms in total. The summed E-state index contributed by atoms with van der Waals surface area (Å²) >= 11 is 0. The third-order valence-corrected chi connectivity index (χ3v) is 5.01. The van der Waals surface area contributed by atoms with Crippen molar-refractivity contribution in [3.63, 3.8) is 0 Å². The van der Waals surface area contributed by atoms with Gasteiger partial charge in [-0.1, -0.05) is 13.8 Å². The van der Waals surface area contributed by atoms with Crippen LogP contribution >= 0.6 is 0 Å². The van der Waals surface area contributed by atoms with E-state index in [1.807, 2.05) is 0 Å². The summed E-state index contributed by atoms with van der Waals surface area (Å²) in [7, 11) is 3.37. The normalized spacial score (nSPS) is 15.9. The van der Waals surface area contributed by atoms with Crippen LogP contribution in [0.3, 0.4) is 0 Å². The fraction of sp³-hybridized carbons (Fsp3) is 0.714. The van der Waals surface area contributed by atoms with Gasteiger partial charge in [0.15, 0.2) is 11.5 Å². The number of rotatable bonds is 11. The molecule has 2 N–H and O–H groups in total. The maximum absolute atomic E-state index is 5.98. The molecule has 0 bridgehead atoms. The van der Waals surface area contributed by atoms with E-state index in [2.05, 4.69) is 35.8 Å². The average Bonchev–Trinajstić information content (AvgIpc) is 2.67. The number of hydrogen-bond acceptors (Lipinski definition) is 6. The van der Waals surface area contributed by atoms with Crippen LogP contribution in [0.15, 0.2) is 12.1 Å². The van der Waals surface area contributed by atoms with Gasteiger partial charge in [-0.3, -0.25) is 4.90 Å². The van der Waals surface area contributed by atoms with Crippen LogP contribution in [0, 0.1) is 5.92 Å².